The Bertz CT molecular complexity index is 1820. The summed E-state index contributed by atoms with van der Waals surface area (Å²) in [6.07, 6.45) is 3.47. The molecule has 0 aromatic heterocycles. The van der Waals surface area contributed by atoms with Crippen molar-refractivity contribution in [1.82, 2.24) is 0 Å². The molecule has 3 aromatic carbocycles. The predicted octanol–water partition coefficient (Wildman–Crippen LogP) is 8.07. The van der Waals surface area contributed by atoms with Gasteiger partial charge in [-0.15, -0.1) is 0 Å². The highest BCUT2D eigenvalue weighted by Crippen LogP contribution is 2.44. The smallest absolute Gasteiger partial charge is 0.338 e. The lowest BCUT2D eigenvalue weighted by atomic mass is 9.92. The zero-order valence-electron chi connectivity index (χ0n) is 26.9. The Morgan fingerprint density at radius 1 is 0.587 bits per heavy atom. The van der Waals surface area contributed by atoms with Gasteiger partial charge in [0.1, 0.15) is 23.0 Å². The number of benzene rings is 3. The van der Waals surface area contributed by atoms with E-state index in [0.717, 1.165) is 5.56 Å². The van der Waals surface area contributed by atoms with E-state index in [1.807, 2.05) is 6.92 Å². The van der Waals surface area contributed by atoms with Crippen LogP contribution in [0.4, 0.5) is 0 Å². The average Bonchev–Trinajstić information content (AvgIpc) is 2.98. The van der Waals surface area contributed by atoms with Gasteiger partial charge in [-0.2, -0.15) is 0 Å². The van der Waals surface area contributed by atoms with Crippen molar-refractivity contribution in [1.29, 1.82) is 0 Å². The molecule has 0 saturated carbocycles. The summed E-state index contributed by atoms with van der Waals surface area (Å²) in [6, 6.07) is 13.4. The van der Waals surface area contributed by atoms with E-state index in [1.54, 1.807) is 81.5 Å². The molecule has 0 saturated heterocycles. The fourth-order valence-electron chi connectivity index (χ4n) is 4.04. The maximum atomic E-state index is 12.8. The third-order valence-corrected chi connectivity index (χ3v) is 6.53. The van der Waals surface area contributed by atoms with Crippen molar-refractivity contribution in [2.75, 3.05) is 0 Å². The first-order chi connectivity index (χ1) is 21.6. The number of carbonyl (C=O) groups is 4. The van der Waals surface area contributed by atoms with Gasteiger partial charge in [0, 0.05) is 39.0 Å². The minimum absolute atomic E-state index is 0.185. The van der Waals surface area contributed by atoms with Crippen molar-refractivity contribution in [2.45, 2.75) is 41.5 Å². The molecule has 0 aliphatic heterocycles. The third kappa shape index (κ3) is 8.66. The fraction of sp³-hybridized carbons (Fsp3) is 0.158. The van der Waals surface area contributed by atoms with Crippen molar-refractivity contribution in [3.8, 4) is 34.1 Å². The van der Waals surface area contributed by atoms with Gasteiger partial charge < -0.3 is 18.9 Å². The largest absolute Gasteiger partial charge is 0.423 e. The lowest BCUT2D eigenvalue weighted by Crippen LogP contribution is -2.13. The minimum Gasteiger partial charge on any atom is -0.423 e. The number of aryl methyl sites for hydroxylation is 1. The van der Waals surface area contributed by atoms with Gasteiger partial charge in [-0.3, -0.25) is 0 Å². The molecular formula is C38H36O8. The molecule has 0 unspecified atom stereocenters. The summed E-state index contributed by atoms with van der Waals surface area (Å²) in [7, 11) is 0. The van der Waals surface area contributed by atoms with E-state index >= 15 is 0 Å². The molecule has 236 valence electrons. The summed E-state index contributed by atoms with van der Waals surface area (Å²) in [5.74, 6) is -1.31. The van der Waals surface area contributed by atoms with Crippen LogP contribution in [-0.2, 0) is 19.2 Å². The lowest BCUT2D eigenvalue weighted by molar-refractivity contribution is -0.131. The first-order valence-corrected chi connectivity index (χ1v) is 14.2. The average molecular weight is 621 g/mol. The van der Waals surface area contributed by atoms with Gasteiger partial charge in [0.2, 0.25) is 0 Å². The highest BCUT2D eigenvalue weighted by molar-refractivity contribution is 5.95. The quantitative estimate of drug-likeness (QED) is 0.0917. The molecule has 3 aromatic rings. The van der Waals surface area contributed by atoms with Crippen LogP contribution in [0.3, 0.4) is 0 Å². The molecule has 0 atom stereocenters. The van der Waals surface area contributed by atoms with Crippen LogP contribution in [0.5, 0.6) is 23.0 Å². The SMILES string of the molecule is C=C(C)C(=O)Oc1ccc(/C=C/c2cc(OC(=O)C(=C)C)c(-c3ccc(OC(=O)C(=C)C)cc3C)c(C)c2OC(=O)C(=C)C)cc1. The van der Waals surface area contributed by atoms with Crippen LogP contribution in [0.25, 0.3) is 23.3 Å². The molecule has 8 heteroatoms. The molecule has 0 heterocycles. The molecule has 0 amide bonds. The maximum absolute atomic E-state index is 12.8. The van der Waals surface area contributed by atoms with Crippen molar-refractivity contribution >= 4 is 36.0 Å². The zero-order chi connectivity index (χ0) is 34.3. The van der Waals surface area contributed by atoms with Crippen LogP contribution in [0.2, 0.25) is 0 Å². The number of hydrogen-bond acceptors (Lipinski definition) is 8. The van der Waals surface area contributed by atoms with Gasteiger partial charge in [0.25, 0.3) is 0 Å². The molecular weight excluding hydrogens is 584 g/mol. The number of carbonyl (C=O) groups excluding carboxylic acids is 4. The highest BCUT2D eigenvalue weighted by Gasteiger charge is 2.23. The van der Waals surface area contributed by atoms with E-state index in [9.17, 15) is 19.2 Å². The molecule has 0 radical (unpaired) electrons. The number of esters is 4. The first kappa shape index (κ1) is 34.7. The van der Waals surface area contributed by atoms with E-state index in [-0.39, 0.29) is 33.8 Å². The number of rotatable bonds is 11. The van der Waals surface area contributed by atoms with E-state index in [0.29, 0.717) is 39.3 Å². The number of hydrogen-bond donors (Lipinski definition) is 0. The Morgan fingerprint density at radius 2 is 1.07 bits per heavy atom. The molecule has 0 fully saturated rings. The van der Waals surface area contributed by atoms with Gasteiger partial charge in [0.15, 0.2) is 0 Å². The molecule has 0 aliphatic rings. The van der Waals surface area contributed by atoms with E-state index in [2.05, 4.69) is 26.3 Å². The Balaban J connectivity index is 2.20. The molecule has 8 nitrogen and oxygen atoms in total. The van der Waals surface area contributed by atoms with Crippen molar-refractivity contribution in [3.63, 3.8) is 0 Å². The van der Waals surface area contributed by atoms with Crippen molar-refractivity contribution in [3.05, 3.63) is 119 Å². The second-order valence-electron chi connectivity index (χ2n) is 10.9. The second kappa shape index (κ2) is 14.8. The summed E-state index contributed by atoms with van der Waals surface area (Å²) >= 11 is 0. The Labute approximate surface area is 268 Å². The monoisotopic (exact) mass is 620 g/mol. The van der Waals surface area contributed by atoms with Crippen LogP contribution in [-0.4, -0.2) is 23.9 Å². The minimum atomic E-state index is -0.646. The van der Waals surface area contributed by atoms with Gasteiger partial charge in [-0.05, 0) is 88.6 Å². The molecule has 46 heavy (non-hydrogen) atoms. The second-order valence-corrected chi connectivity index (χ2v) is 10.9. The van der Waals surface area contributed by atoms with Crippen molar-refractivity contribution < 1.29 is 38.1 Å². The van der Waals surface area contributed by atoms with E-state index in [4.69, 9.17) is 18.9 Å². The van der Waals surface area contributed by atoms with Gasteiger partial charge >= 0.3 is 23.9 Å². The summed E-state index contributed by atoms with van der Waals surface area (Å²) in [5.41, 5.74) is 4.39. The van der Waals surface area contributed by atoms with Crippen LogP contribution >= 0.6 is 0 Å². The van der Waals surface area contributed by atoms with Crippen LogP contribution < -0.4 is 18.9 Å². The topological polar surface area (TPSA) is 105 Å². The normalized spacial score (nSPS) is 10.6. The molecule has 0 bridgehead atoms. The van der Waals surface area contributed by atoms with Gasteiger partial charge in [0.05, 0.1) is 0 Å². The Hall–Kier alpha value is -5.76. The Kier molecular flexibility index (Phi) is 11.2. The summed E-state index contributed by atoms with van der Waals surface area (Å²) < 4.78 is 22.3. The van der Waals surface area contributed by atoms with Crippen molar-refractivity contribution in [2.24, 2.45) is 0 Å². The maximum Gasteiger partial charge on any atom is 0.338 e. The predicted molar refractivity (Wildman–Crippen MR) is 179 cm³/mol. The van der Waals surface area contributed by atoms with E-state index in [1.165, 1.54) is 13.8 Å². The standard InChI is InChI=1S/C38H36O8/c1-21(2)35(39)43-29-15-12-27(13-16-29)11-14-28-20-32(45-37(41)23(5)6)33(26(10)34(28)46-38(42)24(7)8)31-18-17-30(19-25(31)9)44-36(40)22(3)4/h11-20H,1,3,5,7H2,2,4,6,8-10H3/b14-11+. The third-order valence-electron chi connectivity index (χ3n) is 6.53. The van der Waals surface area contributed by atoms with Gasteiger partial charge in [-0.1, -0.05) is 56.7 Å². The zero-order valence-corrected chi connectivity index (χ0v) is 26.9. The molecule has 0 N–H and O–H groups in total. The van der Waals surface area contributed by atoms with Crippen LogP contribution in [0, 0.1) is 13.8 Å². The lowest BCUT2D eigenvalue weighted by Gasteiger charge is -2.20. The van der Waals surface area contributed by atoms with Crippen LogP contribution in [0.15, 0.2) is 97.1 Å². The summed E-state index contributed by atoms with van der Waals surface area (Å²) in [6.45, 7) is 24.3. The Morgan fingerprint density at radius 3 is 1.59 bits per heavy atom. The number of ether oxygens (including phenoxy) is 4. The van der Waals surface area contributed by atoms with E-state index < -0.39 is 23.9 Å². The fourth-order valence-corrected chi connectivity index (χ4v) is 4.04. The first-order valence-electron chi connectivity index (χ1n) is 14.2. The van der Waals surface area contributed by atoms with Crippen LogP contribution in [0.1, 0.15) is 49.9 Å². The summed E-state index contributed by atoms with van der Waals surface area (Å²) in [4.78, 5) is 49.5. The van der Waals surface area contributed by atoms with Gasteiger partial charge in [-0.25, -0.2) is 19.2 Å². The molecule has 3 rings (SSSR count). The highest BCUT2D eigenvalue weighted by atomic mass is 16.5. The molecule has 0 spiro atoms. The summed E-state index contributed by atoms with van der Waals surface area (Å²) in [5, 5.41) is 0. The molecule has 0 aliphatic carbocycles.